The average Bonchev–Trinajstić information content (AvgIpc) is 2.69. The molecule has 0 saturated heterocycles. The fourth-order valence-electron chi connectivity index (χ4n) is 1.63. The average molecular weight is 394 g/mol. The fourth-order valence-corrected chi connectivity index (χ4v) is 1.63. The molecule has 10 nitrogen and oxygen atoms in total. The van der Waals surface area contributed by atoms with Gasteiger partial charge in [0.15, 0.2) is 0 Å². The SMILES string of the molecule is C=C(C)C(=O)OOC(=O)c1ccccc1C(=O)OOC(=O)/C(C)=C/C(O)CO. The largest absolute Gasteiger partial charge is 0.393 e. The number of aliphatic hydroxyl groups is 2. The van der Waals surface area contributed by atoms with Gasteiger partial charge in [-0.3, -0.25) is 0 Å². The highest BCUT2D eigenvalue weighted by Gasteiger charge is 2.23. The van der Waals surface area contributed by atoms with Gasteiger partial charge in [-0.05, 0) is 32.1 Å². The Kier molecular flexibility index (Phi) is 8.53. The van der Waals surface area contributed by atoms with Crippen LogP contribution in [0.2, 0.25) is 0 Å². The summed E-state index contributed by atoms with van der Waals surface area (Å²) in [6, 6.07) is 5.19. The van der Waals surface area contributed by atoms with E-state index in [1.165, 1.54) is 38.1 Å². The molecular formula is C18H18O10. The highest BCUT2D eigenvalue weighted by molar-refractivity contribution is 6.03. The normalized spacial score (nSPS) is 11.8. The molecule has 0 aliphatic rings. The predicted molar refractivity (Wildman–Crippen MR) is 91.1 cm³/mol. The lowest BCUT2D eigenvalue weighted by molar-refractivity contribution is -0.230. The van der Waals surface area contributed by atoms with Gasteiger partial charge < -0.3 is 10.2 Å². The van der Waals surface area contributed by atoms with Crippen molar-refractivity contribution in [2.24, 2.45) is 0 Å². The van der Waals surface area contributed by atoms with Gasteiger partial charge in [0, 0.05) is 11.1 Å². The molecule has 2 N–H and O–H groups in total. The van der Waals surface area contributed by atoms with Crippen molar-refractivity contribution in [3.63, 3.8) is 0 Å². The molecule has 1 atom stereocenters. The first-order valence-electron chi connectivity index (χ1n) is 7.75. The van der Waals surface area contributed by atoms with Crippen LogP contribution in [0.5, 0.6) is 0 Å². The molecule has 0 aromatic heterocycles. The van der Waals surface area contributed by atoms with Crippen LogP contribution in [-0.4, -0.2) is 46.8 Å². The van der Waals surface area contributed by atoms with Gasteiger partial charge in [0.1, 0.15) is 0 Å². The third-order valence-electron chi connectivity index (χ3n) is 3.05. The van der Waals surface area contributed by atoms with Gasteiger partial charge in [-0.15, -0.1) is 0 Å². The van der Waals surface area contributed by atoms with Gasteiger partial charge in [0.25, 0.3) is 0 Å². The minimum atomic E-state index is -1.29. The van der Waals surface area contributed by atoms with Crippen LogP contribution in [-0.2, 0) is 29.1 Å². The lowest BCUT2D eigenvalue weighted by Gasteiger charge is -2.08. The van der Waals surface area contributed by atoms with E-state index >= 15 is 0 Å². The van der Waals surface area contributed by atoms with Gasteiger partial charge in [-0.1, -0.05) is 18.7 Å². The highest BCUT2D eigenvalue weighted by Crippen LogP contribution is 2.13. The number of carbonyl (C=O) groups excluding carboxylic acids is 4. The van der Waals surface area contributed by atoms with Crippen LogP contribution in [0.4, 0.5) is 0 Å². The van der Waals surface area contributed by atoms with Crippen molar-refractivity contribution in [3.05, 3.63) is 59.2 Å². The van der Waals surface area contributed by atoms with Crippen molar-refractivity contribution in [2.75, 3.05) is 6.61 Å². The van der Waals surface area contributed by atoms with Gasteiger partial charge in [-0.2, -0.15) is 0 Å². The van der Waals surface area contributed by atoms with E-state index < -0.39 is 36.6 Å². The lowest BCUT2D eigenvalue weighted by Crippen LogP contribution is -2.18. The second-order valence-electron chi connectivity index (χ2n) is 5.41. The lowest BCUT2D eigenvalue weighted by atomic mass is 10.1. The molecule has 0 heterocycles. The molecule has 1 rings (SSSR count). The number of hydrogen-bond acceptors (Lipinski definition) is 10. The third-order valence-corrected chi connectivity index (χ3v) is 3.05. The van der Waals surface area contributed by atoms with E-state index in [9.17, 15) is 24.3 Å². The number of hydrogen-bond donors (Lipinski definition) is 2. The smallest absolute Gasteiger partial charge is 0.387 e. The summed E-state index contributed by atoms with van der Waals surface area (Å²) in [4.78, 5) is 64.3. The molecule has 0 spiro atoms. The van der Waals surface area contributed by atoms with Crippen LogP contribution in [0, 0.1) is 0 Å². The van der Waals surface area contributed by atoms with Crippen molar-refractivity contribution in [3.8, 4) is 0 Å². The molecule has 1 aromatic rings. The summed E-state index contributed by atoms with van der Waals surface area (Å²) >= 11 is 0. The van der Waals surface area contributed by atoms with Crippen molar-refractivity contribution in [2.45, 2.75) is 20.0 Å². The molecule has 0 amide bonds. The van der Waals surface area contributed by atoms with Gasteiger partial charge in [0.05, 0.1) is 23.8 Å². The Balaban J connectivity index is 2.80. The zero-order valence-electron chi connectivity index (χ0n) is 15.0. The van der Waals surface area contributed by atoms with Gasteiger partial charge in [-0.25, -0.2) is 38.7 Å². The molecule has 150 valence electrons. The number of benzene rings is 1. The Hall–Kier alpha value is -3.50. The van der Waals surface area contributed by atoms with Crippen LogP contribution in [0.15, 0.2) is 48.1 Å². The van der Waals surface area contributed by atoms with Crippen LogP contribution >= 0.6 is 0 Å². The summed E-state index contributed by atoms with van der Waals surface area (Å²) in [5, 5.41) is 17.9. The molecule has 0 aliphatic carbocycles. The summed E-state index contributed by atoms with van der Waals surface area (Å²) in [5.41, 5.74) is -0.791. The Bertz CT molecular complexity index is 808. The molecule has 0 aliphatic heterocycles. The van der Waals surface area contributed by atoms with E-state index in [0.29, 0.717) is 0 Å². The predicted octanol–water partition coefficient (Wildman–Crippen LogP) is 0.792. The highest BCUT2D eigenvalue weighted by atomic mass is 17.2. The Labute approximate surface area is 159 Å². The van der Waals surface area contributed by atoms with E-state index in [1.807, 2.05) is 0 Å². The minimum Gasteiger partial charge on any atom is -0.393 e. The maximum Gasteiger partial charge on any atom is 0.387 e. The van der Waals surface area contributed by atoms with E-state index in [1.54, 1.807) is 0 Å². The van der Waals surface area contributed by atoms with E-state index in [0.717, 1.165) is 6.08 Å². The summed E-state index contributed by atoms with van der Waals surface area (Å²) in [6.45, 7) is 5.29. The molecule has 1 aromatic carbocycles. The molecule has 10 heteroatoms. The summed E-state index contributed by atoms with van der Waals surface area (Å²) in [7, 11) is 0. The summed E-state index contributed by atoms with van der Waals surface area (Å²) in [5.74, 6) is -4.45. The second kappa shape index (κ2) is 10.6. The first-order valence-corrected chi connectivity index (χ1v) is 7.75. The van der Waals surface area contributed by atoms with Crippen molar-refractivity contribution in [1.82, 2.24) is 0 Å². The monoisotopic (exact) mass is 394 g/mol. The number of carbonyl (C=O) groups is 4. The van der Waals surface area contributed by atoms with Crippen molar-refractivity contribution < 1.29 is 48.9 Å². The molecule has 1 unspecified atom stereocenters. The molecule has 0 bridgehead atoms. The maximum atomic E-state index is 12.1. The standard InChI is InChI=1S/C18H18O10/c1-10(2)15(21)25-27-17(23)13-6-4-5-7-14(13)18(24)28-26-16(22)11(3)8-12(20)9-19/h4-8,12,19-20H,1,9H2,2-3H3/b11-8+. The number of rotatable bonds is 6. The maximum absolute atomic E-state index is 12.1. The van der Waals surface area contributed by atoms with Crippen LogP contribution in [0.25, 0.3) is 0 Å². The van der Waals surface area contributed by atoms with Gasteiger partial charge >= 0.3 is 23.9 Å². The number of aliphatic hydroxyl groups excluding tert-OH is 2. The van der Waals surface area contributed by atoms with Crippen LogP contribution in [0.3, 0.4) is 0 Å². The fraction of sp³-hybridized carbons (Fsp3) is 0.222. The summed E-state index contributed by atoms with van der Waals surface area (Å²) < 4.78 is 0. The first kappa shape index (κ1) is 22.5. The zero-order chi connectivity index (χ0) is 21.3. The Morgan fingerprint density at radius 1 is 0.964 bits per heavy atom. The van der Waals surface area contributed by atoms with Crippen molar-refractivity contribution >= 4 is 23.9 Å². The second-order valence-corrected chi connectivity index (χ2v) is 5.41. The van der Waals surface area contributed by atoms with E-state index in [-0.39, 0.29) is 22.3 Å². The van der Waals surface area contributed by atoms with Crippen LogP contribution < -0.4 is 0 Å². The van der Waals surface area contributed by atoms with E-state index in [2.05, 4.69) is 26.1 Å². The van der Waals surface area contributed by atoms with Crippen molar-refractivity contribution in [1.29, 1.82) is 0 Å². The molecule has 0 fully saturated rings. The van der Waals surface area contributed by atoms with Gasteiger partial charge in [0.2, 0.25) is 0 Å². The molecule has 28 heavy (non-hydrogen) atoms. The van der Waals surface area contributed by atoms with Crippen LogP contribution in [0.1, 0.15) is 34.6 Å². The Morgan fingerprint density at radius 3 is 1.86 bits per heavy atom. The van der Waals surface area contributed by atoms with E-state index in [4.69, 9.17) is 5.11 Å². The molecule has 0 radical (unpaired) electrons. The quantitative estimate of drug-likeness (QED) is 0.403. The summed E-state index contributed by atoms with van der Waals surface area (Å²) in [6.07, 6.45) is -0.294. The zero-order valence-corrected chi connectivity index (χ0v) is 15.0. The molecule has 0 saturated carbocycles. The first-order chi connectivity index (χ1) is 13.2. The third kappa shape index (κ3) is 6.67. The Morgan fingerprint density at radius 2 is 1.43 bits per heavy atom. The molecular weight excluding hydrogens is 376 g/mol. The minimum absolute atomic E-state index is 0.0119. The topological polar surface area (TPSA) is 146 Å².